The van der Waals surface area contributed by atoms with Crippen LogP contribution in [0.4, 0.5) is 0 Å². The maximum Gasteiger partial charge on any atom is 0.221 e. The molecular weight excluding hydrogens is 589 g/mol. The van der Waals surface area contributed by atoms with E-state index in [9.17, 15) is 0 Å². The third-order valence-electron chi connectivity index (χ3n) is 7.05. The molecular formula is C43H50N4O. The van der Waals surface area contributed by atoms with E-state index in [1.807, 2.05) is 87.6 Å². The topological polar surface area (TPSA) is 58.5 Å². The lowest BCUT2D eigenvalue weighted by Gasteiger charge is -2.19. The van der Waals surface area contributed by atoms with Crippen LogP contribution in [0.2, 0.25) is 0 Å². The Balaban J connectivity index is 2.63. The lowest BCUT2D eigenvalue weighted by atomic mass is 10.0. The Hall–Kier alpha value is -5.68. The second-order valence-corrected chi connectivity index (χ2v) is 10.9. The molecule has 0 aliphatic carbocycles. The molecule has 1 aromatic rings. The Morgan fingerprint density at radius 2 is 1.69 bits per heavy atom. The van der Waals surface area contributed by atoms with E-state index in [4.69, 9.17) is 14.7 Å². The van der Waals surface area contributed by atoms with Gasteiger partial charge in [0.25, 0.3) is 0 Å². The fraction of sp³-hybridized carbons (Fsp3) is 0.163. The molecule has 2 heterocycles. The van der Waals surface area contributed by atoms with Crippen LogP contribution in [0.1, 0.15) is 54.2 Å². The highest BCUT2D eigenvalue weighted by Gasteiger charge is 2.17. The Bertz CT molecular complexity index is 1760. The zero-order valence-electron chi connectivity index (χ0n) is 29.7. The molecule has 0 saturated carbocycles. The van der Waals surface area contributed by atoms with Gasteiger partial charge in [-0.1, -0.05) is 117 Å². The largest absolute Gasteiger partial charge is 0.421 e. The van der Waals surface area contributed by atoms with E-state index < -0.39 is 0 Å². The first-order valence-electron chi connectivity index (χ1n) is 15.9. The van der Waals surface area contributed by atoms with E-state index in [-0.39, 0.29) is 5.90 Å². The fourth-order valence-electron chi connectivity index (χ4n) is 4.66. The van der Waals surface area contributed by atoms with Crippen molar-refractivity contribution < 1.29 is 4.74 Å². The maximum atomic E-state index is 6.25. The predicted octanol–water partition coefficient (Wildman–Crippen LogP) is 11.0. The zero-order chi connectivity index (χ0) is 35.6. The molecule has 1 aromatic heterocycles. The first-order chi connectivity index (χ1) is 23.1. The van der Waals surface area contributed by atoms with Crippen LogP contribution in [0, 0.1) is 0 Å². The van der Waals surface area contributed by atoms with Gasteiger partial charge in [0.2, 0.25) is 11.8 Å². The summed E-state index contributed by atoms with van der Waals surface area (Å²) in [7, 11) is 0. The highest BCUT2D eigenvalue weighted by atomic mass is 16.5. The smallest absolute Gasteiger partial charge is 0.221 e. The van der Waals surface area contributed by atoms with Crippen molar-refractivity contribution in [1.29, 1.82) is 0 Å². The summed E-state index contributed by atoms with van der Waals surface area (Å²) in [5.41, 5.74) is 10.8. The SMILES string of the molecule is C=C/C=C\C(NC(=C(C)C)/C(=C\C=C)c1cccc(OC(C=C)=NC(=C\C)/C(C=C)=C2\NC(/C=C\C)=C(C=C)C=C\C2=C\C)n1)=C(C)C. The van der Waals surface area contributed by atoms with Crippen LogP contribution in [0.25, 0.3) is 5.57 Å². The fourth-order valence-corrected chi connectivity index (χ4v) is 4.66. The number of hydrogen-bond acceptors (Lipinski definition) is 5. The summed E-state index contributed by atoms with van der Waals surface area (Å²) in [5, 5.41) is 7.18. The molecule has 5 heteroatoms. The molecule has 2 rings (SSSR count). The van der Waals surface area contributed by atoms with Gasteiger partial charge in [-0.25, -0.2) is 9.98 Å². The van der Waals surface area contributed by atoms with E-state index in [0.717, 1.165) is 56.2 Å². The molecule has 0 radical (unpaired) electrons. The number of nitrogens with zero attached hydrogens (tertiary/aromatic N) is 2. The maximum absolute atomic E-state index is 6.25. The van der Waals surface area contributed by atoms with Crippen molar-refractivity contribution in [3.05, 3.63) is 198 Å². The molecule has 248 valence electrons. The van der Waals surface area contributed by atoms with Gasteiger partial charge in [-0.2, -0.15) is 0 Å². The van der Waals surface area contributed by atoms with Crippen molar-refractivity contribution in [2.75, 3.05) is 0 Å². The molecule has 0 amide bonds. The molecule has 0 bridgehead atoms. The summed E-state index contributed by atoms with van der Waals surface area (Å²) in [6.07, 6.45) is 26.6. The van der Waals surface area contributed by atoms with E-state index in [1.165, 1.54) is 0 Å². The first kappa shape index (κ1) is 38.5. The van der Waals surface area contributed by atoms with Crippen molar-refractivity contribution >= 4 is 11.5 Å². The summed E-state index contributed by atoms with van der Waals surface area (Å²) < 4.78 is 6.25. The van der Waals surface area contributed by atoms with Crippen LogP contribution in [0.15, 0.2) is 198 Å². The first-order valence-corrected chi connectivity index (χ1v) is 15.9. The van der Waals surface area contributed by atoms with Crippen molar-refractivity contribution in [2.45, 2.75) is 48.5 Å². The van der Waals surface area contributed by atoms with Gasteiger partial charge in [-0.3, -0.25) is 0 Å². The highest BCUT2D eigenvalue weighted by molar-refractivity contribution is 5.90. The van der Waals surface area contributed by atoms with Gasteiger partial charge in [-0.05, 0) is 83.9 Å². The number of ether oxygens (including phenoxy) is 1. The van der Waals surface area contributed by atoms with Crippen LogP contribution < -0.4 is 15.4 Å². The molecule has 48 heavy (non-hydrogen) atoms. The lowest BCUT2D eigenvalue weighted by Crippen LogP contribution is -2.17. The Kier molecular flexibility index (Phi) is 15.8. The van der Waals surface area contributed by atoms with Crippen LogP contribution >= 0.6 is 0 Å². The average Bonchev–Trinajstić information content (AvgIpc) is 3.25. The number of aromatic nitrogens is 1. The van der Waals surface area contributed by atoms with E-state index in [2.05, 4.69) is 77.3 Å². The third kappa shape index (κ3) is 10.4. The minimum Gasteiger partial charge on any atom is -0.421 e. The van der Waals surface area contributed by atoms with Crippen molar-refractivity contribution in [1.82, 2.24) is 15.6 Å². The number of hydrogen-bond donors (Lipinski definition) is 2. The van der Waals surface area contributed by atoms with Crippen molar-refractivity contribution in [3.63, 3.8) is 0 Å². The molecule has 0 spiro atoms. The summed E-state index contributed by atoms with van der Waals surface area (Å²) >= 11 is 0. The van der Waals surface area contributed by atoms with Gasteiger partial charge in [0.1, 0.15) is 0 Å². The summed E-state index contributed by atoms with van der Waals surface area (Å²) in [6.45, 7) is 34.0. The minimum atomic E-state index is 0.283. The van der Waals surface area contributed by atoms with E-state index in [0.29, 0.717) is 17.3 Å². The van der Waals surface area contributed by atoms with Crippen LogP contribution in [0.5, 0.6) is 5.88 Å². The number of rotatable bonds is 14. The molecule has 0 fully saturated rings. The third-order valence-corrected chi connectivity index (χ3v) is 7.05. The molecule has 5 nitrogen and oxygen atoms in total. The Labute approximate surface area is 288 Å². The number of allylic oxidation sites excluding steroid dienone is 17. The van der Waals surface area contributed by atoms with Crippen molar-refractivity contribution in [2.24, 2.45) is 4.99 Å². The van der Waals surface area contributed by atoms with E-state index in [1.54, 1.807) is 30.4 Å². The molecule has 0 atom stereocenters. The normalized spacial score (nSPS) is 15.9. The number of nitrogens with one attached hydrogen (secondary N) is 2. The van der Waals surface area contributed by atoms with Crippen LogP contribution in [-0.2, 0) is 0 Å². The summed E-state index contributed by atoms with van der Waals surface area (Å²) in [5.74, 6) is 0.649. The van der Waals surface area contributed by atoms with Crippen molar-refractivity contribution in [3.8, 4) is 5.88 Å². The molecule has 2 N–H and O–H groups in total. The molecule has 0 saturated heterocycles. The molecule has 0 unspecified atom stereocenters. The number of aliphatic imine (C=N–C) groups is 1. The standard InChI is InChI=1S/C43H50N4O/c1-13-21-25-37(30(9)10)46-42(31(11)12)35(23-14-2)39-26-22-27-41(45-39)48-40(20-8)44-36(19-7)34(18-6)43-33(17-5)29-28-32(16-4)38(47-43)24-15-3/h13-29,46-47H,1-2,4,6,8H2,3,5,7,9-12H3/b24-15-,25-21-,33-17-,35-23-,36-19-,43-34-,44-40?. The highest BCUT2D eigenvalue weighted by Crippen LogP contribution is 2.29. The summed E-state index contributed by atoms with van der Waals surface area (Å²) in [6, 6.07) is 5.63. The second-order valence-electron chi connectivity index (χ2n) is 10.9. The molecule has 0 aromatic carbocycles. The van der Waals surface area contributed by atoms with Gasteiger partial charge >= 0.3 is 0 Å². The molecule has 1 aliphatic rings. The van der Waals surface area contributed by atoms with Gasteiger partial charge < -0.3 is 15.4 Å². The number of pyridine rings is 1. The lowest BCUT2D eigenvalue weighted by molar-refractivity contribution is 0.530. The van der Waals surface area contributed by atoms with Crippen LogP contribution in [0.3, 0.4) is 0 Å². The van der Waals surface area contributed by atoms with Gasteiger partial charge in [0.05, 0.1) is 17.1 Å². The van der Waals surface area contributed by atoms with E-state index >= 15 is 0 Å². The van der Waals surface area contributed by atoms with Gasteiger partial charge in [-0.15, -0.1) is 0 Å². The second kappa shape index (κ2) is 19.7. The van der Waals surface area contributed by atoms with Gasteiger partial charge in [0.15, 0.2) is 0 Å². The zero-order valence-corrected chi connectivity index (χ0v) is 29.7. The monoisotopic (exact) mass is 638 g/mol. The minimum absolute atomic E-state index is 0.283. The summed E-state index contributed by atoms with van der Waals surface area (Å²) in [4.78, 5) is 9.75. The average molecular weight is 639 g/mol. The predicted molar refractivity (Wildman–Crippen MR) is 209 cm³/mol. The molecule has 1 aliphatic heterocycles. The quantitative estimate of drug-likeness (QED) is 0.121. The Morgan fingerprint density at radius 1 is 0.938 bits per heavy atom. The van der Waals surface area contributed by atoms with Gasteiger partial charge in [0, 0.05) is 34.3 Å². The van der Waals surface area contributed by atoms with Crippen LogP contribution in [-0.4, -0.2) is 10.9 Å². The Morgan fingerprint density at radius 3 is 2.23 bits per heavy atom.